The summed E-state index contributed by atoms with van der Waals surface area (Å²) in [5, 5.41) is 12.9. The molecule has 1 aliphatic heterocycles. The van der Waals surface area contributed by atoms with E-state index in [4.69, 9.17) is 0 Å². The molecule has 0 aromatic heterocycles. The fraction of sp³-hybridized carbons (Fsp3) is 0.364. The van der Waals surface area contributed by atoms with Gasteiger partial charge in [-0.25, -0.2) is 0 Å². The Balaban J connectivity index is 2.59. The van der Waals surface area contributed by atoms with Crippen molar-refractivity contribution in [2.45, 2.75) is 19.6 Å². The van der Waals surface area contributed by atoms with Crippen molar-refractivity contribution < 1.29 is 9.90 Å². The lowest BCUT2D eigenvalue weighted by Crippen LogP contribution is -2.43. The molecule has 1 atom stereocenters. The summed E-state index contributed by atoms with van der Waals surface area (Å²) in [4.78, 5) is 11.5. The van der Waals surface area contributed by atoms with Gasteiger partial charge >= 0.3 is 0 Å². The summed E-state index contributed by atoms with van der Waals surface area (Å²) in [7, 11) is 0. The summed E-state index contributed by atoms with van der Waals surface area (Å²) in [6.07, 6.45) is 0. The number of aliphatic hydroxyl groups is 1. The third-order valence-corrected chi connectivity index (χ3v) is 2.72. The Morgan fingerprint density at radius 2 is 2.00 bits per heavy atom. The lowest BCUT2D eigenvalue weighted by Gasteiger charge is -2.28. The smallest absolute Gasteiger partial charge is 0.254 e. The Hall–Kier alpha value is -1.35. The summed E-state index contributed by atoms with van der Waals surface area (Å²) < 4.78 is 0. The second-order valence-electron chi connectivity index (χ2n) is 3.92. The van der Waals surface area contributed by atoms with E-state index >= 15 is 0 Å². The standard InChI is InChI=1S/C11H13NO2/c1-7(2)11(14)9-6-4-3-5-8(9)10(13)12-11/h3-7,14H,1-2H3,(H,12,13). The molecular formula is C11H13NO2. The molecule has 0 radical (unpaired) electrons. The van der Waals surface area contributed by atoms with Crippen molar-refractivity contribution in [3.8, 4) is 0 Å². The molecule has 3 heteroatoms. The van der Waals surface area contributed by atoms with Crippen molar-refractivity contribution in [1.82, 2.24) is 5.32 Å². The molecule has 74 valence electrons. The summed E-state index contributed by atoms with van der Waals surface area (Å²) in [6.45, 7) is 3.75. The molecule has 1 amide bonds. The van der Waals surface area contributed by atoms with Crippen LogP contribution in [0.25, 0.3) is 0 Å². The van der Waals surface area contributed by atoms with Gasteiger partial charge in [-0.15, -0.1) is 0 Å². The molecular weight excluding hydrogens is 178 g/mol. The van der Waals surface area contributed by atoms with Crippen LogP contribution in [-0.2, 0) is 5.72 Å². The van der Waals surface area contributed by atoms with Crippen LogP contribution < -0.4 is 5.32 Å². The first-order valence-corrected chi connectivity index (χ1v) is 4.70. The number of nitrogens with one attached hydrogen (secondary N) is 1. The molecule has 1 aromatic rings. The van der Waals surface area contributed by atoms with E-state index < -0.39 is 5.72 Å². The van der Waals surface area contributed by atoms with Crippen molar-refractivity contribution in [3.63, 3.8) is 0 Å². The summed E-state index contributed by atoms with van der Waals surface area (Å²) in [5.74, 6) is -0.244. The number of hydrogen-bond acceptors (Lipinski definition) is 2. The van der Waals surface area contributed by atoms with E-state index in [2.05, 4.69) is 5.32 Å². The van der Waals surface area contributed by atoms with Crippen LogP contribution in [0.1, 0.15) is 29.8 Å². The number of carbonyl (C=O) groups excluding carboxylic acids is 1. The molecule has 1 unspecified atom stereocenters. The predicted molar refractivity (Wildman–Crippen MR) is 52.6 cm³/mol. The lowest BCUT2D eigenvalue weighted by atomic mass is 9.92. The highest BCUT2D eigenvalue weighted by molar-refractivity contribution is 5.99. The maximum Gasteiger partial charge on any atom is 0.254 e. The minimum absolute atomic E-state index is 0.0462. The molecule has 0 bridgehead atoms. The van der Waals surface area contributed by atoms with Crippen molar-refractivity contribution in [2.24, 2.45) is 5.92 Å². The maximum absolute atomic E-state index is 11.5. The van der Waals surface area contributed by atoms with Gasteiger partial charge < -0.3 is 10.4 Å². The first-order valence-electron chi connectivity index (χ1n) is 4.70. The Morgan fingerprint density at radius 3 is 2.64 bits per heavy atom. The van der Waals surface area contributed by atoms with Gasteiger partial charge in [0.1, 0.15) is 0 Å². The van der Waals surface area contributed by atoms with Crippen LogP contribution in [-0.4, -0.2) is 11.0 Å². The zero-order valence-electron chi connectivity index (χ0n) is 8.24. The molecule has 0 saturated carbocycles. The highest BCUT2D eigenvalue weighted by atomic mass is 16.3. The van der Waals surface area contributed by atoms with Gasteiger partial charge in [-0.3, -0.25) is 4.79 Å². The van der Waals surface area contributed by atoms with Crippen LogP contribution in [0.4, 0.5) is 0 Å². The third kappa shape index (κ3) is 1.06. The van der Waals surface area contributed by atoms with E-state index in [1.165, 1.54) is 0 Å². The van der Waals surface area contributed by atoms with Crippen LogP contribution in [0.15, 0.2) is 24.3 Å². The second-order valence-corrected chi connectivity index (χ2v) is 3.92. The van der Waals surface area contributed by atoms with Gasteiger partial charge in [0.05, 0.1) is 0 Å². The predicted octanol–water partition coefficient (Wildman–Crippen LogP) is 1.23. The lowest BCUT2D eigenvalue weighted by molar-refractivity contribution is -0.0282. The molecule has 14 heavy (non-hydrogen) atoms. The molecule has 2 N–H and O–H groups in total. The van der Waals surface area contributed by atoms with E-state index in [0.717, 1.165) is 0 Å². The quantitative estimate of drug-likeness (QED) is 0.701. The zero-order valence-corrected chi connectivity index (χ0v) is 8.24. The molecule has 1 aromatic carbocycles. The first-order chi connectivity index (χ1) is 6.55. The molecule has 0 aliphatic carbocycles. The number of fused-ring (bicyclic) bond motifs is 1. The van der Waals surface area contributed by atoms with Gasteiger partial charge in [0.2, 0.25) is 0 Å². The van der Waals surface area contributed by atoms with Gasteiger partial charge in [0, 0.05) is 17.0 Å². The fourth-order valence-electron chi connectivity index (χ4n) is 1.78. The minimum Gasteiger partial charge on any atom is -0.367 e. The van der Waals surface area contributed by atoms with E-state index in [1.54, 1.807) is 18.2 Å². The van der Waals surface area contributed by atoms with Crippen molar-refractivity contribution in [1.29, 1.82) is 0 Å². The largest absolute Gasteiger partial charge is 0.367 e. The van der Waals surface area contributed by atoms with E-state index in [0.29, 0.717) is 11.1 Å². The third-order valence-electron chi connectivity index (χ3n) is 2.72. The Morgan fingerprint density at radius 1 is 1.36 bits per heavy atom. The van der Waals surface area contributed by atoms with E-state index in [1.807, 2.05) is 19.9 Å². The highest BCUT2D eigenvalue weighted by Gasteiger charge is 2.43. The summed E-state index contributed by atoms with van der Waals surface area (Å²) in [5.41, 5.74) is 0.0527. The molecule has 3 nitrogen and oxygen atoms in total. The zero-order chi connectivity index (χ0) is 10.3. The minimum atomic E-state index is -1.20. The molecule has 0 saturated heterocycles. The van der Waals surface area contributed by atoms with E-state index in [9.17, 15) is 9.90 Å². The topological polar surface area (TPSA) is 49.3 Å². The molecule has 1 heterocycles. The highest BCUT2D eigenvalue weighted by Crippen LogP contribution is 2.34. The van der Waals surface area contributed by atoms with Crippen LogP contribution in [0.2, 0.25) is 0 Å². The number of benzene rings is 1. The number of amides is 1. The van der Waals surface area contributed by atoms with Crippen molar-refractivity contribution in [3.05, 3.63) is 35.4 Å². The Kier molecular flexibility index (Phi) is 1.86. The van der Waals surface area contributed by atoms with Crippen molar-refractivity contribution in [2.75, 3.05) is 0 Å². The average Bonchev–Trinajstić information content (AvgIpc) is 2.42. The summed E-state index contributed by atoms with van der Waals surface area (Å²) >= 11 is 0. The fourth-order valence-corrected chi connectivity index (χ4v) is 1.78. The number of carbonyl (C=O) groups is 1. The van der Waals surface area contributed by atoms with Gasteiger partial charge in [-0.2, -0.15) is 0 Å². The van der Waals surface area contributed by atoms with Crippen molar-refractivity contribution >= 4 is 5.91 Å². The van der Waals surface area contributed by atoms with Gasteiger partial charge in [0.15, 0.2) is 5.72 Å². The first kappa shape index (κ1) is 9.21. The maximum atomic E-state index is 11.5. The molecule has 0 fully saturated rings. The SMILES string of the molecule is CC(C)C1(O)NC(=O)c2ccccc21. The van der Waals surface area contributed by atoms with Gasteiger partial charge in [-0.1, -0.05) is 32.0 Å². The monoisotopic (exact) mass is 191 g/mol. The normalized spacial score (nSPS) is 25.0. The van der Waals surface area contributed by atoms with Gasteiger partial charge in [-0.05, 0) is 6.07 Å². The van der Waals surface area contributed by atoms with Crippen LogP contribution in [0.5, 0.6) is 0 Å². The number of rotatable bonds is 1. The van der Waals surface area contributed by atoms with Crippen LogP contribution in [0.3, 0.4) is 0 Å². The summed E-state index contributed by atoms with van der Waals surface area (Å²) in [6, 6.07) is 7.13. The van der Waals surface area contributed by atoms with E-state index in [-0.39, 0.29) is 11.8 Å². The molecule has 2 rings (SSSR count). The van der Waals surface area contributed by atoms with Crippen LogP contribution in [0, 0.1) is 5.92 Å². The Bertz CT molecular complexity index is 387. The van der Waals surface area contributed by atoms with Crippen LogP contribution >= 0.6 is 0 Å². The van der Waals surface area contributed by atoms with Gasteiger partial charge in [0.25, 0.3) is 5.91 Å². The number of hydrogen-bond donors (Lipinski definition) is 2. The average molecular weight is 191 g/mol. The Labute approximate surface area is 82.8 Å². The molecule has 1 aliphatic rings. The second kappa shape index (κ2) is 2.82. The molecule has 0 spiro atoms.